The Hall–Kier alpha value is -0.170. The van der Waals surface area contributed by atoms with Crippen molar-refractivity contribution in [3.8, 4) is 0 Å². The summed E-state index contributed by atoms with van der Waals surface area (Å²) in [5.74, 6) is 0.254. The number of morpholine rings is 1. The van der Waals surface area contributed by atoms with E-state index in [1.165, 1.54) is 0 Å². The number of nitrogens with zero attached hydrogens (tertiary/aromatic N) is 1. The molecule has 1 aliphatic heterocycles. The molecule has 0 aromatic carbocycles. The van der Waals surface area contributed by atoms with Gasteiger partial charge < -0.3 is 10.1 Å². The molecular weight excluding hydrogens is 228 g/mol. The number of nitrogens with one attached hydrogen (secondary N) is 1. The number of hydrogen-bond donors (Lipinski definition) is 1. The lowest BCUT2D eigenvalue weighted by atomic mass is 10.3. The molecule has 1 rings (SSSR count). The van der Waals surface area contributed by atoms with Crippen LogP contribution in [0.2, 0.25) is 0 Å². The fourth-order valence-corrected chi connectivity index (χ4v) is 3.68. The summed E-state index contributed by atoms with van der Waals surface area (Å²) in [6.45, 7) is 4.13. The highest BCUT2D eigenvalue weighted by molar-refractivity contribution is 7.89. The molecule has 6 heteroatoms. The van der Waals surface area contributed by atoms with Crippen LogP contribution in [0, 0.1) is 0 Å². The maximum absolute atomic E-state index is 12.1. The second-order valence-electron chi connectivity index (χ2n) is 4.07. The lowest BCUT2D eigenvalue weighted by Crippen LogP contribution is -2.53. The molecule has 1 heterocycles. The molecule has 0 aromatic rings. The monoisotopic (exact) mass is 250 g/mol. The van der Waals surface area contributed by atoms with E-state index in [0.29, 0.717) is 26.3 Å². The molecule has 16 heavy (non-hydrogen) atoms. The van der Waals surface area contributed by atoms with Crippen LogP contribution in [-0.2, 0) is 14.8 Å². The van der Waals surface area contributed by atoms with Crippen LogP contribution in [0.1, 0.15) is 19.8 Å². The Morgan fingerprint density at radius 1 is 1.50 bits per heavy atom. The molecule has 96 valence electrons. The van der Waals surface area contributed by atoms with Gasteiger partial charge in [-0.3, -0.25) is 0 Å². The van der Waals surface area contributed by atoms with Crippen molar-refractivity contribution in [3.05, 3.63) is 0 Å². The highest BCUT2D eigenvalue weighted by atomic mass is 32.2. The van der Waals surface area contributed by atoms with Crippen molar-refractivity contribution in [2.75, 3.05) is 39.1 Å². The van der Waals surface area contributed by atoms with Gasteiger partial charge in [-0.15, -0.1) is 0 Å². The van der Waals surface area contributed by atoms with Gasteiger partial charge in [-0.25, -0.2) is 8.42 Å². The van der Waals surface area contributed by atoms with Crippen molar-refractivity contribution in [2.45, 2.75) is 25.8 Å². The van der Waals surface area contributed by atoms with E-state index in [1.54, 1.807) is 4.31 Å². The summed E-state index contributed by atoms with van der Waals surface area (Å²) < 4.78 is 31.1. The normalized spacial score (nSPS) is 23.5. The molecule has 0 amide bonds. The third kappa shape index (κ3) is 3.69. The van der Waals surface area contributed by atoms with Gasteiger partial charge in [0.05, 0.1) is 25.0 Å². The quantitative estimate of drug-likeness (QED) is 0.723. The van der Waals surface area contributed by atoms with Crippen LogP contribution >= 0.6 is 0 Å². The third-order valence-corrected chi connectivity index (χ3v) is 4.73. The summed E-state index contributed by atoms with van der Waals surface area (Å²) in [5.41, 5.74) is 0. The number of rotatable bonds is 6. The Morgan fingerprint density at radius 3 is 2.88 bits per heavy atom. The number of likely N-dealkylation sites (N-methyl/N-ethyl adjacent to an activating group) is 1. The van der Waals surface area contributed by atoms with Gasteiger partial charge >= 0.3 is 0 Å². The van der Waals surface area contributed by atoms with Gasteiger partial charge in [0, 0.05) is 13.1 Å². The van der Waals surface area contributed by atoms with Crippen molar-refractivity contribution in [3.63, 3.8) is 0 Å². The zero-order valence-electron chi connectivity index (χ0n) is 10.1. The van der Waals surface area contributed by atoms with E-state index in [4.69, 9.17) is 4.74 Å². The first kappa shape index (κ1) is 13.9. The van der Waals surface area contributed by atoms with Crippen LogP contribution in [0.15, 0.2) is 0 Å². The summed E-state index contributed by atoms with van der Waals surface area (Å²) in [7, 11) is -1.28. The summed E-state index contributed by atoms with van der Waals surface area (Å²) in [5, 5.41) is 3.01. The molecule has 0 aromatic heterocycles. The average Bonchev–Trinajstić information content (AvgIpc) is 2.27. The van der Waals surface area contributed by atoms with Crippen molar-refractivity contribution >= 4 is 10.0 Å². The number of ether oxygens (including phenoxy) is 1. The molecule has 1 aliphatic rings. The first-order valence-electron chi connectivity index (χ1n) is 5.83. The average molecular weight is 250 g/mol. The lowest BCUT2D eigenvalue weighted by molar-refractivity contribution is 0.0335. The molecule has 1 unspecified atom stereocenters. The van der Waals surface area contributed by atoms with E-state index in [-0.39, 0.29) is 11.8 Å². The molecule has 0 radical (unpaired) electrons. The minimum Gasteiger partial charge on any atom is -0.378 e. The Labute approximate surface area is 98.2 Å². The molecule has 0 spiro atoms. The maximum atomic E-state index is 12.1. The van der Waals surface area contributed by atoms with E-state index < -0.39 is 10.0 Å². The molecular formula is C10H22N2O3S. The van der Waals surface area contributed by atoms with Gasteiger partial charge in [-0.1, -0.05) is 13.3 Å². The smallest absolute Gasteiger partial charge is 0.214 e. The minimum absolute atomic E-state index is 0.0550. The van der Waals surface area contributed by atoms with Crippen molar-refractivity contribution in [2.24, 2.45) is 0 Å². The molecule has 0 bridgehead atoms. The molecule has 1 saturated heterocycles. The summed E-state index contributed by atoms with van der Waals surface area (Å²) in [6, 6.07) is -0.0550. The molecule has 1 atom stereocenters. The Morgan fingerprint density at radius 2 is 2.25 bits per heavy atom. The van der Waals surface area contributed by atoms with Crippen molar-refractivity contribution in [1.29, 1.82) is 0 Å². The van der Waals surface area contributed by atoms with Gasteiger partial charge in [-0.2, -0.15) is 4.31 Å². The zero-order valence-corrected chi connectivity index (χ0v) is 10.9. The zero-order chi connectivity index (χ0) is 12.0. The second-order valence-corrected chi connectivity index (χ2v) is 6.11. The van der Waals surface area contributed by atoms with Crippen LogP contribution in [0.5, 0.6) is 0 Å². The topological polar surface area (TPSA) is 58.6 Å². The van der Waals surface area contributed by atoms with E-state index in [2.05, 4.69) is 5.32 Å². The fraction of sp³-hybridized carbons (Fsp3) is 1.00. The predicted molar refractivity (Wildman–Crippen MR) is 63.9 cm³/mol. The van der Waals surface area contributed by atoms with Crippen molar-refractivity contribution in [1.82, 2.24) is 9.62 Å². The summed E-state index contributed by atoms with van der Waals surface area (Å²) >= 11 is 0. The van der Waals surface area contributed by atoms with Gasteiger partial charge in [0.25, 0.3) is 0 Å². The first-order chi connectivity index (χ1) is 7.61. The summed E-state index contributed by atoms with van der Waals surface area (Å²) in [6.07, 6.45) is 1.63. The maximum Gasteiger partial charge on any atom is 0.214 e. The minimum atomic E-state index is -3.10. The Kier molecular flexibility index (Phi) is 5.68. The number of sulfonamides is 1. The van der Waals surface area contributed by atoms with Crippen LogP contribution in [-0.4, -0.2) is 57.9 Å². The van der Waals surface area contributed by atoms with Gasteiger partial charge in [0.1, 0.15) is 0 Å². The predicted octanol–water partition coefficient (Wildman–Crippen LogP) is 0.0365. The van der Waals surface area contributed by atoms with Gasteiger partial charge in [0.15, 0.2) is 0 Å². The number of hydrogen-bond acceptors (Lipinski definition) is 4. The summed E-state index contributed by atoms with van der Waals surface area (Å²) in [4.78, 5) is 0. The molecule has 0 aliphatic carbocycles. The van der Waals surface area contributed by atoms with E-state index in [0.717, 1.165) is 12.8 Å². The van der Waals surface area contributed by atoms with E-state index in [9.17, 15) is 8.42 Å². The second kappa shape index (κ2) is 6.54. The number of unbranched alkanes of at least 4 members (excludes halogenated alkanes) is 1. The lowest BCUT2D eigenvalue weighted by Gasteiger charge is -2.34. The van der Waals surface area contributed by atoms with Gasteiger partial charge in [0.2, 0.25) is 10.0 Å². The highest BCUT2D eigenvalue weighted by Gasteiger charge is 2.31. The Bertz CT molecular complexity index is 290. The molecule has 5 nitrogen and oxygen atoms in total. The van der Waals surface area contributed by atoms with Crippen molar-refractivity contribution < 1.29 is 13.2 Å². The fourth-order valence-electron chi connectivity index (χ4n) is 1.85. The molecule has 1 N–H and O–H groups in total. The van der Waals surface area contributed by atoms with Gasteiger partial charge in [-0.05, 0) is 13.5 Å². The standard InChI is InChI=1S/C10H22N2O3S/c1-3-4-7-16(13,14)12-5-6-15-9-10(12)8-11-2/h10-11H,3-9H2,1-2H3. The van der Waals surface area contributed by atoms with E-state index in [1.807, 2.05) is 14.0 Å². The Balaban J connectivity index is 2.66. The molecule has 1 fully saturated rings. The molecule has 0 saturated carbocycles. The first-order valence-corrected chi connectivity index (χ1v) is 7.44. The third-order valence-electron chi connectivity index (χ3n) is 2.73. The van der Waals surface area contributed by atoms with Crippen LogP contribution in [0.4, 0.5) is 0 Å². The highest BCUT2D eigenvalue weighted by Crippen LogP contribution is 2.13. The van der Waals surface area contributed by atoms with Crippen LogP contribution in [0.3, 0.4) is 0 Å². The van der Waals surface area contributed by atoms with E-state index >= 15 is 0 Å². The van der Waals surface area contributed by atoms with Crippen LogP contribution < -0.4 is 5.32 Å². The SMILES string of the molecule is CCCCS(=O)(=O)N1CCOCC1CNC. The largest absolute Gasteiger partial charge is 0.378 e. The van der Waals surface area contributed by atoms with Crippen LogP contribution in [0.25, 0.3) is 0 Å².